The molecule has 3 nitrogen and oxygen atoms in total. The molecule has 0 bridgehead atoms. The SMILES string of the molecule is CC1=C(C)SC(=c2sc3n(c2=O)[C@H](c2ccccc2)C=C(c2ccccc2)N=3)S1. The molecule has 0 saturated carbocycles. The van der Waals surface area contributed by atoms with Crippen molar-refractivity contribution < 1.29 is 0 Å². The molecular weight excluding hydrogens is 416 g/mol. The number of aromatic nitrogens is 1. The van der Waals surface area contributed by atoms with Crippen LogP contribution in [0.2, 0.25) is 0 Å². The van der Waals surface area contributed by atoms with Gasteiger partial charge in [-0.2, -0.15) is 0 Å². The molecule has 144 valence electrons. The maximum absolute atomic E-state index is 13.5. The summed E-state index contributed by atoms with van der Waals surface area (Å²) in [6, 6.07) is 20.2. The Morgan fingerprint density at radius 1 is 0.897 bits per heavy atom. The summed E-state index contributed by atoms with van der Waals surface area (Å²) < 4.78 is 3.71. The van der Waals surface area contributed by atoms with E-state index >= 15 is 0 Å². The van der Waals surface area contributed by atoms with E-state index in [0.29, 0.717) is 0 Å². The predicted octanol–water partition coefficient (Wildman–Crippen LogP) is 4.97. The smallest absolute Gasteiger partial charge is 0.272 e. The number of benzene rings is 2. The van der Waals surface area contributed by atoms with E-state index in [1.807, 2.05) is 41.0 Å². The third-order valence-electron chi connectivity index (χ3n) is 5.01. The normalized spacial score (nSPS) is 18.5. The van der Waals surface area contributed by atoms with Crippen LogP contribution in [0, 0.1) is 0 Å². The van der Waals surface area contributed by atoms with Gasteiger partial charge in [-0.05, 0) is 40.9 Å². The summed E-state index contributed by atoms with van der Waals surface area (Å²) in [5, 5.41) is 0. The van der Waals surface area contributed by atoms with Crippen molar-refractivity contribution in [1.29, 1.82) is 0 Å². The monoisotopic (exact) mass is 434 g/mol. The molecule has 0 radical (unpaired) electrons. The Kier molecular flexibility index (Phi) is 4.86. The lowest BCUT2D eigenvalue weighted by molar-refractivity contribution is 0.644. The maximum Gasteiger partial charge on any atom is 0.272 e. The van der Waals surface area contributed by atoms with Gasteiger partial charge >= 0.3 is 0 Å². The molecule has 0 unspecified atom stereocenters. The van der Waals surface area contributed by atoms with Crippen LogP contribution in [0.15, 0.2) is 86.3 Å². The highest BCUT2D eigenvalue weighted by Crippen LogP contribution is 2.48. The van der Waals surface area contributed by atoms with Crippen LogP contribution in [0.3, 0.4) is 0 Å². The van der Waals surface area contributed by atoms with Crippen molar-refractivity contribution in [1.82, 2.24) is 4.57 Å². The van der Waals surface area contributed by atoms with Crippen LogP contribution in [0.1, 0.15) is 31.0 Å². The fourth-order valence-corrected chi connectivity index (χ4v) is 7.16. The number of rotatable bonds is 2. The Morgan fingerprint density at radius 3 is 2.17 bits per heavy atom. The highest BCUT2D eigenvalue weighted by atomic mass is 32.2. The zero-order chi connectivity index (χ0) is 20.0. The fraction of sp³-hybridized carbons (Fsp3) is 0.130. The van der Waals surface area contributed by atoms with Gasteiger partial charge < -0.3 is 0 Å². The van der Waals surface area contributed by atoms with Crippen molar-refractivity contribution in [2.24, 2.45) is 4.99 Å². The molecule has 3 heterocycles. The lowest BCUT2D eigenvalue weighted by Gasteiger charge is -2.19. The molecule has 0 saturated heterocycles. The first-order valence-corrected chi connectivity index (χ1v) is 11.8. The van der Waals surface area contributed by atoms with E-state index in [1.54, 1.807) is 23.5 Å². The molecule has 29 heavy (non-hydrogen) atoms. The topological polar surface area (TPSA) is 34.4 Å². The third-order valence-corrected chi connectivity index (χ3v) is 8.95. The molecule has 0 spiro atoms. The number of hydrogen-bond acceptors (Lipinski definition) is 5. The maximum atomic E-state index is 13.5. The largest absolute Gasteiger partial charge is 0.272 e. The van der Waals surface area contributed by atoms with Crippen molar-refractivity contribution in [3.8, 4) is 0 Å². The third kappa shape index (κ3) is 3.35. The number of allylic oxidation sites excluding steroid dienone is 3. The van der Waals surface area contributed by atoms with Crippen LogP contribution in [0.25, 0.3) is 9.93 Å². The van der Waals surface area contributed by atoms with Gasteiger partial charge in [0.15, 0.2) is 4.80 Å². The first-order valence-electron chi connectivity index (χ1n) is 9.31. The number of thioether (sulfide) groups is 2. The second kappa shape index (κ2) is 7.52. The van der Waals surface area contributed by atoms with Gasteiger partial charge in [-0.15, -0.1) is 0 Å². The standard InChI is InChI=1S/C23H18N2OS3/c1-14-15(2)28-22(27-14)20-21(26)25-19(17-11-7-4-8-12-17)13-18(24-23(25)29-20)16-9-5-3-6-10-16/h3-13,19H,1-2H3/t19-/m0/s1. The molecule has 0 N–H and O–H groups in total. The first kappa shape index (κ1) is 18.7. The Bertz CT molecular complexity index is 1320. The minimum absolute atomic E-state index is 0.0449. The van der Waals surface area contributed by atoms with Gasteiger partial charge in [0.2, 0.25) is 0 Å². The van der Waals surface area contributed by atoms with Gasteiger partial charge in [0, 0.05) is 0 Å². The highest BCUT2D eigenvalue weighted by molar-refractivity contribution is 8.35. The molecular formula is C23H18N2OS3. The van der Waals surface area contributed by atoms with Crippen LogP contribution in [-0.2, 0) is 0 Å². The second-order valence-corrected chi connectivity index (χ2v) is 10.6. The van der Waals surface area contributed by atoms with Crippen molar-refractivity contribution in [3.63, 3.8) is 0 Å². The Balaban J connectivity index is 1.76. The summed E-state index contributed by atoms with van der Waals surface area (Å²) >= 11 is 4.89. The van der Waals surface area contributed by atoms with E-state index in [4.69, 9.17) is 4.99 Å². The zero-order valence-corrected chi connectivity index (χ0v) is 18.4. The van der Waals surface area contributed by atoms with E-state index in [2.05, 4.69) is 44.2 Å². The lowest BCUT2D eigenvalue weighted by atomic mass is 10.0. The molecule has 1 atom stereocenters. The van der Waals surface area contributed by atoms with E-state index in [0.717, 1.165) is 30.4 Å². The predicted molar refractivity (Wildman–Crippen MR) is 125 cm³/mol. The zero-order valence-electron chi connectivity index (χ0n) is 16.0. The summed E-state index contributed by atoms with van der Waals surface area (Å²) in [5.74, 6) is 0. The van der Waals surface area contributed by atoms with Gasteiger partial charge in [-0.3, -0.25) is 9.36 Å². The summed E-state index contributed by atoms with van der Waals surface area (Å²) in [7, 11) is 0. The van der Waals surface area contributed by atoms with Crippen molar-refractivity contribution >= 4 is 44.8 Å². The summed E-state index contributed by atoms with van der Waals surface area (Å²) in [4.78, 5) is 21.6. The first-order chi connectivity index (χ1) is 14.1. The van der Waals surface area contributed by atoms with Crippen LogP contribution >= 0.6 is 34.9 Å². The van der Waals surface area contributed by atoms with Crippen LogP contribution in [0.5, 0.6) is 0 Å². The van der Waals surface area contributed by atoms with Crippen LogP contribution < -0.4 is 14.9 Å². The van der Waals surface area contributed by atoms with Gasteiger partial charge in [0.05, 0.1) is 16.0 Å². The number of nitrogens with zero attached hydrogens (tertiary/aromatic N) is 2. The van der Waals surface area contributed by atoms with Crippen LogP contribution in [0.4, 0.5) is 0 Å². The molecule has 5 rings (SSSR count). The fourth-order valence-electron chi connectivity index (χ4n) is 3.40. The lowest BCUT2D eigenvalue weighted by Crippen LogP contribution is -2.36. The Hall–Kier alpha value is -2.28. The van der Waals surface area contributed by atoms with Gasteiger partial charge in [0.1, 0.15) is 4.53 Å². The van der Waals surface area contributed by atoms with Gasteiger partial charge in [0.25, 0.3) is 5.56 Å². The minimum atomic E-state index is -0.163. The van der Waals surface area contributed by atoms with Crippen molar-refractivity contribution in [3.05, 3.63) is 107 Å². The second-order valence-electron chi connectivity index (χ2n) is 6.88. The molecule has 3 aromatic rings. The van der Waals surface area contributed by atoms with Crippen LogP contribution in [-0.4, -0.2) is 4.57 Å². The molecule has 6 heteroatoms. The van der Waals surface area contributed by atoms with E-state index in [9.17, 15) is 4.79 Å². The molecule has 2 aliphatic rings. The quantitative estimate of drug-likeness (QED) is 0.571. The molecule has 2 aliphatic heterocycles. The molecule has 2 aromatic carbocycles. The van der Waals surface area contributed by atoms with E-state index in [1.165, 1.54) is 21.1 Å². The molecule has 0 amide bonds. The Labute approximate surface area is 181 Å². The minimum Gasteiger partial charge on any atom is -0.272 e. The number of fused-ring (bicyclic) bond motifs is 1. The van der Waals surface area contributed by atoms with E-state index < -0.39 is 0 Å². The van der Waals surface area contributed by atoms with Gasteiger partial charge in [-0.1, -0.05) is 95.5 Å². The Morgan fingerprint density at radius 2 is 1.52 bits per heavy atom. The highest BCUT2D eigenvalue weighted by Gasteiger charge is 2.25. The average molecular weight is 435 g/mol. The number of thiazole rings is 1. The van der Waals surface area contributed by atoms with Gasteiger partial charge in [-0.25, -0.2) is 4.99 Å². The summed E-state index contributed by atoms with van der Waals surface area (Å²) in [6.45, 7) is 4.22. The molecule has 0 fully saturated rings. The van der Waals surface area contributed by atoms with Crippen molar-refractivity contribution in [2.75, 3.05) is 0 Å². The van der Waals surface area contributed by atoms with E-state index in [-0.39, 0.29) is 11.6 Å². The number of hydrogen-bond donors (Lipinski definition) is 0. The molecule has 0 aliphatic carbocycles. The summed E-state index contributed by atoms with van der Waals surface area (Å²) in [6.07, 6.45) is 2.10. The van der Waals surface area contributed by atoms with Crippen molar-refractivity contribution in [2.45, 2.75) is 19.9 Å². The summed E-state index contributed by atoms with van der Waals surface area (Å²) in [5.41, 5.74) is 3.11. The molecule has 1 aromatic heterocycles. The average Bonchev–Trinajstić information content (AvgIpc) is 3.27.